The van der Waals surface area contributed by atoms with Crippen molar-refractivity contribution in [2.75, 3.05) is 12.3 Å². The van der Waals surface area contributed by atoms with Crippen molar-refractivity contribution in [3.63, 3.8) is 0 Å². The fourth-order valence-corrected chi connectivity index (χ4v) is 4.51. The largest absolute Gasteiger partial charge is 0.485 e. The zero-order valence-electron chi connectivity index (χ0n) is 15.4. The summed E-state index contributed by atoms with van der Waals surface area (Å²) in [5.74, 6) is 0.527. The molecule has 1 N–H and O–H groups in total. The summed E-state index contributed by atoms with van der Waals surface area (Å²) in [5.41, 5.74) is -0.0224. The molecule has 0 aliphatic carbocycles. The molecule has 0 saturated heterocycles. The summed E-state index contributed by atoms with van der Waals surface area (Å²) < 4.78 is 32.8. The Morgan fingerprint density at radius 2 is 2.04 bits per heavy atom. The highest BCUT2D eigenvalue weighted by molar-refractivity contribution is 7.89. The Labute approximate surface area is 150 Å². The van der Waals surface area contributed by atoms with Crippen LogP contribution in [0.2, 0.25) is 0 Å². The van der Waals surface area contributed by atoms with E-state index in [9.17, 15) is 18.8 Å². The normalized spacial score (nSPS) is 22.4. The second kappa shape index (κ2) is 6.94. The number of nitrogens with zero attached hydrogens (tertiary/aromatic N) is 2. The van der Waals surface area contributed by atoms with E-state index < -0.39 is 27.8 Å². The second-order valence-corrected chi connectivity index (χ2v) is 9.53. The van der Waals surface area contributed by atoms with Crippen molar-refractivity contribution >= 4 is 10.0 Å². The third-order valence-electron chi connectivity index (χ3n) is 4.42. The first-order chi connectivity index (χ1) is 11.5. The summed E-state index contributed by atoms with van der Waals surface area (Å²) in [7, 11) is -3.57. The fourth-order valence-electron chi connectivity index (χ4n) is 3.07. The second-order valence-electron chi connectivity index (χ2n) is 7.32. The monoisotopic (exact) mass is 366 g/mol. The average Bonchev–Trinajstić information content (AvgIpc) is 2.53. The molecule has 2 atom stereocenters. The van der Waals surface area contributed by atoms with E-state index in [1.165, 1.54) is 4.31 Å². The number of fused-ring (bicyclic) bond motifs is 1. The molecule has 1 aromatic rings. The number of benzene rings is 1. The number of hydrogen-bond acceptors (Lipinski definition) is 5. The minimum atomic E-state index is -3.57. The predicted octanol–water partition coefficient (Wildman–Crippen LogP) is 2.44. The maximum Gasteiger partial charge on any atom is 0.214 e. The van der Waals surface area contributed by atoms with Crippen LogP contribution in [0.1, 0.15) is 51.8 Å². The third-order valence-corrected chi connectivity index (χ3v) is 6.24. The molecule has 0 bridgehead atoms. The van der Waals surface area contributed by atoms with Gasteiger partial charge in [-0.2, -0.15) is 9.57 Å². The Hall–Kier alpha value is -1.62. The van der Waals surface area contributed by atoms with Gasteiger partial charge < -0.3 is 9.84 Å². The molecule has 0 saturated carbocycles. The topological polar surface area (TPSA) is 90.6 Å². The highest BCUT2D eigenvalue weighted by Crippen LogP contribution is 2.44. The van der Waals surface area contributed by atoms with E-state index in [1.807, 2.05) is 13.8 Å². The summed E-state index contributed by atoms with van der Waals surface area (Å²) in [4.78, 5) is 0. The standard InChI is InChI=1S/C18H26N2O4S/c1-6-25(22,23)20(11-12(2)3)16-14-9-13(10-19)7-8-15(14)24-18(4,5)17(16)21/h7-9,12,16-17,21H,6,11H2,1-5H3/t16-,17+/m1/s1. The van der Waals surface area contributed by atoms with E-state index in [2.05, 4.69) is 6.07 Å². The first-order valence-electron chi connectivity index (χ1n) is 8.44. The Balaban J connectivity index is 2.69. The first kappa shape index (κ1) is 19.7. The van der Waals surface area contributed by atoms with E-state index in [-0.39, 0.29) is 18.2 Å². The van der Waals surface area contributed by atoms with Gasteiger partial charge in [0.1, 0.15) is 17.5 Å². The number of hydrogen-bond donors (Lipinski definition) is 1. The fraction of sp³-hybridized carbons (Fsp3) is 0.611. The van der Waals surface area contributed by atoms with Gasteiger partial charge >= 0.3 is 0 Å². The molecule has 138 valence electrons. The number of nitriles is 1. The van der Waals surface area contributed by atoms with Crippen LogP contribution in [0.5, 0.6) is 5.75 Å². The summed E-state index contributed by atoms with van der Waals surface area (Å²) in [6.07, 6.45) is -1.06. The van der Waals surface area contributed by atoms with Crippen LogP contribution < -0.4 is 4.74 Å². The number of rotatable bonds is 5. The zero-order chi connectivity index (χ0) is 19.0. The molecule has 2 rings (SSSR count). The molecule has 7 heteroatoms. The molecule has 1 aliphatic rings. The quantitative estimate of drug-likeness (QED) is 0.864. The lowest BCUT2D eigenvalue weighted by molar-refractivity contribution is -0.0801. The van der Waals surface area contributed by atoms with Crippen molar-refractivity contribution in [2.24, 2.45) is 5.92 Å². The van der Waals surface area contributed by atoms with E-state index in [1.54, 1.807) is 39.0 Å². The summed E-state index contributed by atoms with van der Waals surface area (Å²) in [6, 6.07) is 6.17. The van der Waals surface area contributed by atoms with Crippen LogP contribution in [0.4, 0.5) is 0 Å². The zero-order valence-corrected chi connectivity index (χ0v) is 16.2. The number of aliphatic hydroxyl groups is 1. The van der Waals surface area contributed by atoms with E-state index >= 15 is 0 Å². The van der Waals surface area contributed by atoms with Gasteiger partial charge in [-0.3, -0.25) is 0 Å². The van der Waals surface area contributed by atoms with Crippen LogP contribution >= 0.6 is 0 Å². The van der Waals surface area contributed by atoms with Gasteiger partial charge in [-0.05, 0) is 44.9 Å². The summed E-state index contributed by atoms with van der Waals surface area (Å²) >= 11 is 0. The van der Waals surface area contributed by atoms with Crippen LogP contribution in [0.15, 0.2) is 18.2 Å². The lowest BCUT2D eigenvalue weighted by Gasteiger charge is -2.46. The minimum absolute atomic E-state index is 0.0580. The predicted molar refractivity (Wildman–Crippen MR) is 95.6 cm³/mol. The molecule has 0 aromatic heterocycles. The molecule has 25 heavy (non-hydrogen) atoms. The summed E-state index contributed by atoms with van der Waals surface area (Å²) in [5, 5.41) is 20.1. The lowest BCUT2D eigenvalue weighted by Crippen LogP contribution is -2.55. The van der Waals surface area contributed by atoms with Gasteiger partial charge in [0, 0.05) is 12.1 Å². The van der Waals surface area contributed by atoms with E-state index in [4.69, 9.17) is 4.74 Å². The van der Waals surface area contributed by atoms with Crippen LogP contribution in [0.25, 0.3) is 0 Å². The Bertz CT molecular complexity index is 781. The molecule has 1 aliphatic heterocycles. The van der Waals surface area contributed by atoms with Gasteiger partial charge in [0.2, 0.25) is 10.0 Å². The first-order valence-corrected chi connectivity index (χ1v) is 10.0. The average molecular weight is 366 g/mol. The van der Waals surface area contributed by atoms with E-state index in [0.717, 1.165) is 0 Å². The van der Waals surface area contributed by atoms with Crippen LogP contribution in [0, 0.1) is 17.2 Å². The van der Waals surface area contributed by atoms with Gasteiger partial charge in [-0.15, -0.1) is 0 Å². The SMILES string of the molecule is CCS(=O)(=O)N(CC(C)C)[C@@H]1c2cc(C#N)ccc2OC(C)(C)[C@H]1O. The van der Waals surface area contributed by atoms with Crippen LogP contribution in [0.3, 0.4) is 0 Å². The van der Waals surface area contributed by atoms with Crippen molar-refractivity contribution in [1.29, 1.82) is 5.26 Å². The van der Waals surface area contributed by atoms with Crippen molar-refractivity contribution < 1.29 is 18.3 Å². The molecule has 0 amide bonds. The maximum absolute atomic E-state index is 12.8. The molecule has 1 heterocycles. The molecule has 0 radical (unpaired) electrons. The highest BCUT2D eigenvalue weighted by Gasteiger charge is 2.48. The smallest absolute Gasteiger partial charge is 0.214 e. The third kappa shape index (κ3) is 3.81. The molecule has 6 nitrogen and oxygen atoms in total. The summed E-state index contributed by atoms with van der Waals surface area (Å²) in [6.45, 7) is 9.20. The Kier molecular flexibility index (Phi) is 5.47. The molecular formula is C18H26N2O4S. The molecule has 0 fully saturated rings. The van der Waals surface area contributed by atoms with E-state index in [0.29, 0.717) is 16.9 Å². The maximum atomic E-state index is 12.8. The van der Waals surface area contributed by atoms with Gasteiger partial charge in [-0.25, -0.2) is 8.42 Å². The Morgan fingerprint density at radius 3 is 2.56 bits per heavy atom. The minimum Gasteiger partial charge on any atom is -0.485 e. The lowest BCUT2D eigenvalue weighted by atomic mass is 9.85. The van der Waals surface area contributed by atoms with Crippen molar-refractivity contribution in [2.45, 2.75) is 52.4 Å². The molecule has 0 unspecified atom stereocenters. The van der Waals surface area contributed by atoms with Crippen molar-refractivity contribution in [3.8, 4) is 11.8 Å². The van der Waals surface area contributed by atoms with Crippen molar-refractivity contribution in [3.05, 3.63) is 29.3 Å². The number of aliphatic hydroxyl groups excluding tert-OH is 1. The highest BCUT2D eigenvalue weighted by atomic mass is 32.2. The van der Waals surface area contributed by atoms with Crippen LogP contribution in [-0.4, -0.2) is 41.8 Å². The number of ether oxygens (including phenoxy) is 1. The Morgan fingerprint density at radius 1 is 1.40 bits per heavy atom. The molecule has 0 spiro atoms. The van der Waals surface area contributed by atoms with Gasteiger partial charge in [-0.1, -0.05) is 13.8 Å². The van der Waals surface area contributed by atoms with Gasteiger partial charge in [0.05, 0.1) is 23.4 Å². The van der Waals surface area contributed by atoms with Crippen molar-refractivity contribution in [1.82, 2.24) is 4.31 Å². The molecular weight excluding hydrogens is 340 g/mol. The van der Waals surface area contributed by atoms with Gasteiger partial charge in [0.25, 0.3) is 0 Å². The molecule has 1 aromatic carbocycles. The van der Waals surface area contributed by atoms with Gasteiger partial charge in [0.15, 0.2) is 0 Å². The number of sulfonamides is 1. The van der Waals surface area contributed by atoms with Crippen LogP contribution in [-0.2, 0) is 10.0 Å².